The van der Waals surface area contributed by atoms with E-state index in [1.165, 1.54) is 10.9 Å². The Bertz CT molecular complexity index is 767. The van der Waals surface area contributed by atoms with Crippen LogP contribution in [-0.2, 0) is 12.7 Å². The second-order valence-corrected chi connectivity index (χ2v) is 4.58. The molecule has 0 aliphatic heterocycles. The van der Waals surface area contributed by atoms with Crippen LogP contribution in [0.3, 0.4) is 0 Å². The molecule has 0 aliphatic rings. The number of tetrazole rings is 1. The fraction of sp³-hybridized carbons (Fsp3) is 0.143. The number of nitrogens with zero attached hydrogens (tertiary/aromatic N) is 5. The topological polar surface area (TPSA) is 56.5 Å². The van der Waals surface area contributed by atoms with Crippen molar-refractivity contribution in [3.8, 4) is 11.4 Å². The first-order chi connectivity index (χ1) is 10.5. The zero-order valence-corrected chi connectivity index (χ0v) is 11.2. The lowest BCUT2D eigenvalue weighted by molar-refractivity contribution is -0.137. The van der Waals surface area contributed by atoms with Crippen LogP contribution in [-0.4, -0.2) is 25.2 Å². The number of halogens is 3. The number of pyridine rings is 1. The molecule has 3 rings (SSSR count). The zero-order chi connectivity index (χ0) is 15.6. The molecule has 0 radical (unpaired) electrons. The third-order valence-corrected chi connectivity index (χ3v) is 2.95. The van der Waals surface area contributed by atoms with E-state index in [0.717, 1.165) is 12.1 Å². The summed E-state index contributed by atoms with van der Waals surface area (Å²) in [6.07, 6.45) is -1.16. The molecule has 22 heavy (non-hydrogen) atoms. The van der Waals surface area contributed by atoms with Gasteiger partial charge in [-0.05, 0) is 35.0 Å². The summed E-state index contributed by atoms with van der Waals surface area (Å²) >= 11 is 0. The van der Waals surface area contributed by atoms with Crippen LogP contribution >= 0.6 is 0 Å². The molecule has 0 fully saturated rings. The van der Waals surface area contributed by atoms with Gasteiger partial charge in [0, 0.05) is 18.0 Å². The molecule has 0 unspecified atom stereocenters. The smallest absolute Gasteiger partial charge is 0.264 e. The average Bonchev–Trinajstić information content (AvgIpc) is 2.96. The Morgan fingerprint density at radius 2 is 1.95 bits per heavy atom. The van der Waals surface area contributed by atoms with Gasteiger partial charge in [0.05, 0.1) is 12.1 Å². The molecule has 0 aliphatic carbocycles. The summed E-state index contributed by atoms with van der Waals surface area (Å²) in [5, 5.41) is 11.9. The van der Waals surface area contributed by atoms with Gasteiger partial charge in [0.15, 0.2) is 0 Å². The third-order valence-electron chi connectivity index (χ3n) is 2.95. The molecule has 2 heterocycles. The summed E-state index contributed by atoms with van der Waals surface area (Å²) in [4.78, 5) is 5.20. The van der Waals surface area contributed by atoms with Crippen molar-refractivity contribution in [1.82, 2.24) is 25.2 Å². The molecule has 8 heteroatoms. The molecule has 112 valence electrons. The highest BCUT2D eigenvalue weighted by Crippen LogP contribution is 2.29. The van der Waals surface area contributed by atoms with Gasteiger partial charge in [-0.3, -0.25) is 4.98 Å². The molecular weight excluding hydrogens is 295 g/mol. The Hall–Kier alpha value is -2.77. The standard InChI is InChI=1S/C14H10F3N5/c15-14(16,17)12-5-1-3-10(7-12)9-22-20-13(19-21-22)11-4-2-6-18-8-11/h1-8H,9H2. The molecule has 1 aromatic carbocycles. The summed E-state index contributed by atoms with van der Waals surface area (Å²) in [6.45, 7) is 0.108. The molecule has 0 saturated carbocycles. The minimum Gasteiger partial charge on any atom is -0.264 e. The van der Waals surface area contributed by atoms with Crippen molar-refractivity contribution in [2.24, 2.45) is 0 Å². The summed E-state index contributed by atoms with van der Waals surface area (Å²) in [7, 11) is 0. The van der Waals surface area contributed by atoms with Crippen molar-refractivity contribution >= 4 is 0 Å². The van der Waals surface area contributed by atoms with Crippen molar-refractivity contribution in [3.63, 3.8) is 0 Å². The van der Waals surface area contributed by atoms with Gasteiger partial charge in [0.1, 0.15) is 0 Å². The molecule has 0 N–H and O–H groups in total. The van der Waals surface area contributed by atoms with Gasteiger partial charge in [0.25, 0.3) is 0 Å². The Kier molecular flexibility index (Phi) is 3.58. The predicted octanol–water partition coefficient (Wildman–Crippen LogP) is 2.80. The molecular formula is C14H10F3N5. The largest absolute Gasteiger partial charge is 0.416 e. The molecule has 5 nitrogen and oxygen atoms in total. The molecule has 0 saturated heterocycles. The first-order valence-corrected chi connectivity index (χ1v) is 6.37. The highest BCUT2D eigenvalue weighted by molar-refractivity contribution is 5.51. The Morgan fingerprint density at radius 1 is 1.09 bits per heavy atom. The van der Waals surface area contributed by atoms with Gasteiger partial charge in [0.2, 0.25) is 5.82 Å². The van der Waals surface area contributed by atoms with Gasteiger partial charge in [-0.1, -0.05) is 12.1 Å². The maximum Gasteiger partial charge on any atom is 0.416 e. The number of benzene rings is 1. The van der Waals surface area contributed by atoms with Gasteiger partial charge in [-0.15, -0.1) is 10.2 Å². The summed E-state index contributed by atoms with van der Waals surface area (Å²) in [5.74, 6) is 0.375. The van der Waals surface area contributed by atoms with Gasteiger partial charge in [-0.2, -0.15) is 18.0 Å². The lowest BCUT2D eigenvalue weighted by Gasteiger charge is -2.08. The minimum absolute atomic E-state index is 0.108. The normalized spacial score (nSPS) is 11.6. The zero-order valence-electron chi connectivity index (χ0n) is 11.2. The highest BCUT2D eigenvalue weighted by Gasteiger charge is 2.30. The van der Waals surface area contributed by atoms with Crippen LogP contribution in [0.5, 0.6) is 0 Å². The van der Waals surface area contributed by atoms with E-state index in [4.69, 9.17) is 0 Å². The average molecular weight is 305 g/mol. The van der Waals surface area contributed by atoms with E-state index in [-0.39, 0.29) is 6.54 Å². The Morgan fingerprint density at radius 3 is 2.68 bits per heavy atom. The Labute approximate surface area is 123 Å². The fourth-order valence-corrected chi connectivity index (χ4v) is 1.93. The summed E-state index contributed by atoms with van der Waals surface area (Å²) < 4.78 is 38.0. The first kappa shape index (κ1) is 14.2. The van der Waals surface area contributed by atoms with Gasteiger partial charge in [-0.25, -0.2) is 0 Å². The first-order valence-electron chi connectivity index (χ1n) is 6.37. The third kappa shape index (κ3) is 3.11. The summed E-state index contributed by atoms with van der Waals surface area (Å²) in [6, 6.07) is 8.56. The number of hydrogen-bond donors (Lipinski definition) is 0. The molecule has 3 aromatic rings. The quantitative estimate of drug-likeness (QED) is 0.746. The SMILES string of the molecule is FC(F)(F)c1cccc(Cn2nnc(-c3cccnc3)n2)c1. The van der Waals surface area contributed by atoms with E-state index < -0.39 is 11.7 Å². The van der Waals surface area contributed by atoms with Crippen LogP contribution in [0.25, 0.3) is 11.4 Å². The molecule has 0 bridgehead atoms. The van der Waals surface area contributed by atoms with E-state index in [1.807, 2.05) is 0 Å². The van der Waals surface area contributed by atoms with Crippen molar-refractivity contribution < 1.29 is 13.2 Å². The molecule has 0 amide bonds. The van der Waals surface area contributed by atoms with Crippen molar-refractivity contribution in [2.75, 3.05) is 0 Å². The lowest BCUT2D eigenvalue weighted by atomic mass is 10.1. The lowest BCUT2D eigenvalue weighted by Crippen LogP contribution is -2.08. The number of rotatable bonds is 3. The molecule has 0 spiro atoms. The second kappa shape index (κ2) is 5.55. The van der Waals surface area contributed by atoms with Crippen molar-refractivity contribution in [3.05, 3.63) is 59.9 Å². The van der Waals surface area contributed by atoms with Crippen LogP contribution in [0.15, 0.2) is 48.8 Å². The molecule has 0 atom stereocenters. The van der Waals surface area contributed by atoms with Crippen molar-refractivity contribution in [2.45, 2.75) is 12.7 Å². The van der Waals surface area contributed by atoms with Crippen LogP contribution in [0, 0.1) is 0 Å². The minimum atomic E-state index is -4.37. The highest BCUT2D eigenvalue weighted by atomic mass is 19.4. The second-order valence-electron chi connectivity index (χ2n) is 4.58. The van der Waals surface area contributed by atoms with Crippen LogP contribution in [0.2, 0.25) is 0 Å². The van der Waals surface area contributed by atoms with E-state index >= 15 is 0 Å². The number of alkyl halides is 3. The van der Waals surface area contributed by atoms with E-state index in [2.05, 4.69) is 20.4 Å². The number of hydrogen-bond acceptors (Lipinski definition) is 4. The van der Waals surface area contributed by atoms with E-state index in [9.17, 15) is 13.2 Å². The predicted molar refractivity (Wildman–Crippen MR) is 71.6 cm³/mol. The van der Waals surface area contributed by atoms with Crippen LogP contribution in [0.1, 0.15) is 11.1 Å². The van der Waals surface area contributed by atoms with E-state index in [1.54, 1.807) is 30.6 Å². The van der Waals surface area contributed by atoms with Gasteiger partial charge >= 0.3 is 6.18 Å². The maximum absolute atomic E-state index is 12.7. The van der Waals surface area contributed by atoms with Crippen LogP contribution < -0.4 is 0 Å². The monoisotopic (exact) mass is 305 g/mol. The maximum atomic E-state index is 12.7. The molecule has 2 aromatic heterocycles. The van der Waals surface area contributed by atoms with E-state index in [0.29, 0.717) is 17.0 Å². The Balaban J connectivity index is 1.81. The summed E-state index contributed by atoms with van der Waals surface area (Å²) in [5.41, 5.74) is 0.445. The van der Waals surface area contributed by atoms with Crippen LogP contribution in [0.4, 0.5) is 13.2 Å². The number of aromatic nitrogens is 5. The van der Waals surface area contributed by atoms with Gasteiger partial charge < -0.3 is 0 Å². The fourth-order valence-electron chi connectivity index (χ4n) is 1.93. The van der Waals surface area contributed by atoms with Crippen molar-refractivity contribution in [1.29, 1.82) is 0 Å².